The summed E-state index contributed by atoms with van der Waals surface area (Å²) in [4.78, 5) is 2.41. The van der Waals surface area contributed by atoms with Crippen LogP contribution in [0, 0.1) is 5.92 Å². The molecule has 0 bridgehead atoms. The van der Waals surface area contributed by atoms with Crippen LogP contribution in [-0.2, 0) is 9.84 Å². The fraction of sp³-hybridized carbons (Fsp3) is 1.00. The Morgan fingerprint density at radius 2 is 1.75 bits per heavy atom. The summed E-state index contributed by atoms with van der Waals surface area (Å²) >= 11 is 0. The Hall–Kier alpha value is -0.0900. The lowest BCUT2D eigenvalue weighted by Gasteiger charge is -2.35. The Labute approximate surface area is 100 Å². The first kappa shape index (κ1) is 14.0. The molecular formula is C12H25NO2S. The molecule has 0 aliphatic carbocycles. The van der Waals surface area contributed by atoms with Gasteiger partial charge in [-0.1, -0.05) is 13.8 Å². The second-order valence-corrected chi connectivity index (χ2v) is 7.86. The maximum atomic E-state index is 11.4. The van der Waals surface area contributed by atoms with Gasteiger partial charge in [-0.15, -0.1) is 0 Å². The van der Waals surface area contributed by atoms with E-state index in [4.69, 9.17) is 0 Å². The van der Waals surface area contributed by atoms with E-state index >= 15 is 0 Å². The summed E-state index contributed by atoms with van der Waals surface area (Å²) in [5.74, 6) is 0.918. The normalized spacial score (nSPS) is 28.2. The summed E-state index contributed by atoms with van der Waals surface area (Å²) in [7, 11) is -2.86. The SMILES string of the molecule is CC(C)C1CCC(CS(C)(=O)=O)N1C(C)C. The molecule has 0 aromatic heterocycles. The third-order valence-electron chi connectivity index (χ3n) is 3.46. The maximum absolute atomic E-state index is 11.4. The van der Waals surface area contributed by atoms with Gasteiger partial charge in [-0.05, 0) is 32.6 Å². The highest BCUT2D eigenvalue weighted by Crippen LogP contribution is 2.31. The average molecular weight is 247 g/mol. The van der Waals surface area contributed by atoms with Crippen molar-refractivity contribution in [1.29, 1.82) is 0 Å². The van der Waals surface area contributed by atoms with Gasteiger partial charge < -0.3 is 0 Å². The largest absolute Gasteiger partial charge is 0.294 e. The number of likely N-dealkylation sites (tertiary alicyclic amines) is 1. The van der Waals surface area contributed by atoms with Crippen LogP contribution in [0.3, 0.4) is 0 Å². The predicted molar refractivity (Wildman–Crippen MR) is 68.3 cm³/mol. The van der Waals surface area contributed by atoms with Crippen LogP contribution < -0.4 is 0 Å². The monoisotopic (exact) mass is 247 g/mol. The number of hydrogen-bond donors (Lipinski definition) is 0. The molecule has 1 aliphatic heterocycles. The van der Waals surface area contributed by atoms with E-state index in [0.29, 0.717) is 23.8 Å². The van der Waals surface area contributed by atoms with Crippen LogP contribution in [0.2, 0.25) is 0 Å². The van der Waals surface area contributed by atoms with Gasteiger partial charge in [0.15, 0.2) is 0 Å². The molecule has 0 aromatic carbocycles. The van der Waals surface area contributed by atoms with Crippen molar-refractivity contribution < 1.29 is 8.42 Å². The number of nitrogens with zero attached hydrogens (tertiary/aromatic N) is 1. The van der Waals surface area contributed by atoms with E-state index in [-0.39, 0.29) is 6.04 Å². The van der Waals surface area contributed by atoms with Crippen LogP contribution in [-0.4, -0.2) is 43.5 Å². The van der Waals surface area contributed by atoms with E-state index in [2.05, 4.69) is 32.6 Å². The van der Waals surface area contributed by atoms with Crippen LogP contribution in [0.1, 0.15) is 40.5 Å². The topological polar surface area (TPSA) is 37.4 Å². The highest BCUT2D eigenvalue weighted by molar-refractivity contribution is 7.90. The molecule has 0 aromatic rings. The van der Waals surface area contributed by atoms with E-state index in [0.717, 1.165) is 12.8 Å². The Kier molecular flexibility index (Phi) is 4.41. The van der Waals surface area contributed by atoms with Crippen molar-refractivity contribution in [2.45, 2.75) is 58.7 Å². The first-order valence-electron chi connectivity index (χ1n) is 6.17. The van der Waals surface area contributed by atoms with E-state index in [9.17, 15) is 8.42 Å². The standard InChI is InChI=1S/C12H25NO2S/c1-9(2)12-7-6-11(8-16(5,14)15)13(12)10(3)4/h9-12H,6-8H2,1-5H3. The van der Waals surface area contributed by atoms with Gasteiger partial charge in [0.05, 0.1) is 5.75 Å². The molecule has 3 nitrogen and oxygen atoms in total. The van der Waals surface area contributed by atoms with Crippen molar-refractivity contribution >= 4 is 9.84 Å². The first-order chi connectivity index (χ1) is 7.22. The van der Waals surface area contributed by atoms with Gasteiger partial charge in [0.1, 0.15) is 9.84 Å². The second kappa shape index (κ2) is 5.05. The van der Waals surface area contributed by atoms with Crippen LogP contribution in [0.4, 0.5) is 0 Å². The van der Waals surface area contributed by atoms with Crippen LogP contribution in [0.15, 0.2) is 0 Å². The summed E-state index contributed by atoms with van der Waals surface area (Å²) in [6, 6.07) is 1.20. The lowest BCUT2D eigenvalue weighted by Crippen LogP contribution is -2.46. The molecule has 1 saturated heterocycles. The molecule has 1 fully saturated rings. The van der Waals surface area contributed by atoms with Gasteiger partial charge >= 0.3 is 0 Å². The minimum Gasteiger partial charge on any atom is -0.294 e. The third-order valence-corrected chi connectivity index (χ3v) is 4.45. The molecule has 0 amide bonds. The molecular weight excluding hydrogens is 222 g/mol. The third kappa shape index (κ3) is 3.45. The zero-order chi connectivity index (χ0) is 12.5. The van der Waals surface area contributed by atoms with Crippen molar-refractivity contribution in [2.24, 2.45) is 5.92 Å². The molecule has 0 saturated carbocycles. The molecule has 2 atom stereocenters. The number of rotatable bonds is 4. The summed E-state index contributed by atoms with van der Waals surface area (Å²) in [5, 5.41) is 0. The highest BCUT2D eigenvalue weighted by atomic mass is 32.2. The van der Waals surface area contributed by atoms with Gasteiger partial charge in [0.2, 0.25) is 0 Å². The Bertz CT molecular complexity index is 322. The van der Waals surface area contributed by atoms with Gasteiger partial charge in [-0.3, -0.25) is 4.90 Å². The summed E-state index contributed by atoms with van der Waals surface area (Å²) in [5.41, 5.74) is 0. The number of hydrogen-bond acceptors (Lipinski definition) is 3. The van der Waals surface area contributed by atoms with E-state index in [1.807, 2.05) is 0 Å². The Morgan fingerprint density at radius 1 is 1.19 bits per heavy atom. The molecule has 1 heterocycles. The molecule has 96 valence electrons. The van der Waals surface area contributed by atoms with Gasteiger partial charge in [0, 0.05) is 24.4 Å². The van der Waals surface area contributed by atoms with Crippen LogP contribution in [0.5, 0.6) is 0 Å². The molecule has 4 heteroatoms. The van der Waals surface area contributed by atoms with E-state index in [1.165, 1.54) is 6.26 Å². The average Bonchev–Trinajstić information content (AvgIpc) is 2.44. The van der Waals surface area contributed by atoms with Crippen molar-refractivity contribution in [1.82, 2.24) is 4.90 Å². The minimum absolute atomic E-state index is 0.224. The molecule has 1 aliphatic rings. The van der Waals surface area contributed by atoms with E-state index < -0.39 is 9.84 Å². The van der Waals surface area contributed by atoms with Crippen molar-refractivity contribution in [3.8, 4) is 0 Å². The Morgan fingerprint density at radius 3 is 2.12 bits per heavy atom. The smallest absolute Gasteiger partial charge is 0.148 e. The first-order valence-corrected chi connectivity index (χ1v) is 8.23. The summed E-state index contributed by atoms with van der Waals surface area (Å²) in [6.45, 7) is 8.78. The summed E-state index contributed by atoms with van der Waals surface area (Å²) < 4.78 is 22.8. The minimum atomic E-state index is -2.86. The molecule has 0 spiro atoms. The summed E-state index contributed by atoms with van der Waals surface area (Å²) in [6.07, 6.45) is 3.50. The van der Waals surface area contributed by atoms with Gasteiger partial charge in [-0.25, -0.2) is 8.42 Å². The van der Waals surface area contributed by atoms with Crippen molar-refractivity contribution in [3.63, 3.8) is 0 Å². The molecule has 1 rings (SSSR count). The molecule has 0 radical (unpaired) electrons. The molecule has 16 heavy (non-hydrogen) atoms. The van der Waals surface area contributed by atoms with Gasteiger partial charge in [-0.2, -0.15) is 0 Å². The molecule has 0 N–H and O–H groups in total. The Balaban J connectivity index is 2.80. The highest BCUT2D eigenvalue weighted by Gasteiger charge is 2.37. The zero-order valence-electron chi connectivity index (χ0n) is 11.1. The molecule has 2 unspecified atom stereocenters. The van der Waals surface area contributed by atoms with Crippen LogP contribution in [0.25, 0.3) is 0 Å². The van der Waals surface area contributed by atoms with E-state index in [1.54, 1.807) is 0 Å². The fourth-order valence-corrected chi connectivity index (χ4v) is 3.97. The number of sulfone groups is 1. The maximum Gasteiger partial charge on any atom is 0.148 e. The lowest BCUT2D eigenvalue weighted by molar-refractivity contribution is 0.128. The predicted octanol–water partition coefficient (Wildman–Crippen LogP) is 1.93. The van der Waals surface area contributed by atoms with Gasteiger partial charge in [0.25, 0.3) is 0 Å². The zero-order valence-corrected chi connectivity index (χ0v) is 11.9. The van der Waals surface area contributed by atoms with Crippen LogP contribution >= 0.6 is 0 Å². The quantitative estimate of drug-likeness (QED) is 0.762. The van der Waals surface area contributed by atoms with Crippen molar-refractivity contribution in [2.75, 3.05) is 12.0 Å². The van der Waals surface area contributed by atoms with Crippen molar-refractivity contribution in [3.05, 3.63) is 0 Å². The second-order valence-electron chi connectivity index (χ2n) is 5.68. The fourth-order valence-electron chi connectivity index (χ4n) is 2.93. The lowest BCUT2D eigenvalue weighted by atomic mass is 10.0.